The smallest absolute Gasteiger partial charge is 0.332 e. The molecule has 1 aromatic carbocycles. The zero-order valence-electron chi connectivity index (χ0n) is 10.5. The Labute approximate surface area is 106 Å². The Morgan fingerprint density at radius 2 is 1.94 bits per heavy atom. The fourth-order valence-corrected chi connectivity index (χ4v) is 1.29. The van der Waals surface area contributed by atoms with Gasteiger partial charge in [-0.2, -0.15) is 0 Å². The third-order valence-corrected chi connectivity index (χ3v) is 2.46. The second-order valence-corrected chi connectivity index (χ2v) is 3.89. The summed E-state index contributed by atoms with van der Waals surface area (Å²) in [5, 5.41) is 11.2. The second-order valence-electron chi connectivity index (χ2n) is 3.89. The largest absolute Gasteiger partial charge is 0.479 e. The molecule has 5 heteroatoms. The van der Waals surface area contributed by atoms with Crippen molar-refractivity contribution < 1.29 is 19.4 Å². The Kier molecular flexibility index (Phi) is 5.32. The molecule has 0 spiro atoms. The Hall–Kier alpha value is -1.88. The van der Waals surface area contributed by atoms with E-state index in [1.165, 1.54) is 12.5 Å². The van der Waals surface area contributed by atoms with Crippen LogP contribution < -0.4 is 5.32 Å². The number of aliphatic carboxylic acids is 1. The molecular weight excluding hydrogens is 234 g/mol. The summed E-state index contributed by atoms with van der Waals surface area (Å²) >= 11 is 0. The van der Waals surface area contributed by atoms with Gasteiger partial charge in [-0.15, -0.1) is 0 Å². The van der Waals surface area contributed by atoms with Crippen LogP contribution in [0.1, 0.15) is 19.4 Å². The first-order valence-electron chi connectivity index (χ1n) is 5.76. The van der Waals surface area contributed by atoms with Crippen molar-refractivity contribution in [2.75, 3.05) is 11.9 Å². The first-order chi connectivity index (χ1) is 8.52. The quantitative estimate of drug-likeness (QED) is 0.806. The Balaban J connectivity index is 2.42. The molecule has 98 valence electrons. The highest BCUT2D eigenvalue weighted by Crippen LogP contribution is 2.09. The van der Waals surface area contributed by atoms with Crippen molar-refractivity contribution in [3.05, 3.63) is 29.8 Å². The van der Waals surface area contributed by atoms with Gasteiger partial charge in [0.15, 0.2) is 6.10 Å². The van der Waals surface area contributed by atoms with Gasteiger partial charge in [0, 0.05) is 5.69 Å². The number of aryl methyl sites for hydroxylation is 1. The average Bonchev–Trinajstić information content (AvgIpc) is 2.36. The lowest BCUT2D eigenvalue weighted by molar-refractivity contribution is -0.150. The molecule has 0 radical (unpaired) electrons. The number of ether oxygens (including phenoxy) is 1. The first-order valence-corrected chi connectivity index (χ1v) is 5.76. The predicted molar refractivity (Wildman–Crippen MR) is 67.5 cm³/mol. The summed E-state index contributed by atoms with van der Waals surface area (Å²) in [7, 11) is 0. The third kappa shape index (κ3) is 4.55. The van der Waals surface area contributed by atoms with Gasteiger partial charge in [0.25, 0.3) is 0 Å². The number of benzene rings is 1. The Morgan fingerprint density at radius 1 is 1.33 bits per heavy atom. The van der Waals surface area contributed by atoms with Gasteiger partial charge < -0.3 is 15.2 Å². The highest BCUT2D eigenvalue weighted by molar-refractivity contribution is 5.91. The van der Waals surface area contributed by atoms with Gasteiger partial charge in [-0.25, -0.2) is 4.79 Å². The summed E-state index contributed by atoms with van der Waals surface area (Å²) < 4.78 is 4.87. The maximum Gasteiger partial charge on any atom is 0.332 e. The van der Waals surface area contributed by atoms with Crippen molar-refractivity contribution in [2.24, 2.45) is 0 Å². The van der Waals surface area contributed by atoms with E-state index >= 15 is 0 Å². The van der Waals surface area contributed by atoms with Crippen LogP contribution in [0.15, 0.2) is 24.3 Å². The summed E-state index contributed by atoms with van der Waals surface area (Å²) in [6.45, 7) is 3.16. The van der Waals surface area contributed by atoms with Crippen LogP contribution in [0.25, 0.3) is 0 Å². The SMILES string of the molecule is CCc1ccc(NC(=O)CO[C@H](C)C(=O)O)cc1. The number of carbonyl (C=O) groups excluding carboxylic acids is 1. The average molecular weight is 251 g/mol. The van der Waals surface area contributed by atoms with Crippen molar-refractivity contribution in [3.8, 4) is 0 Å². The Bertz CT molecular complexity index is 414. The topological polar surface area (TPSA) is 75.6 Å². The minimum Gasteiger partial charge on any atom is -0.479 e. The predicted octanol–water partition coefficient (Wildman–Crippen LogP) is 1.68. The Morgan fingerprint density at radius 3 is 2.44 bits per heavy atom. The van der Waals surface area contributed by atoms with E-state index < -0.39 is 12.1 Å². The number of rotatable bonds is 6. The van der Waals surface area contributed by atoms with Crippen LogP contribution >= 0.6 is 0 Å². The molecule has 0 unspecified atom stereocenters. The monoisotopic (exact) mass is 251 g/mol. The number of nitrogens with one attached hydrogen (secondary N) is 1. The minimum absolute atomic E-state index is 0.275. The molecule has 2 N–H and O–H groups in total. The molecule has 1 aromatic rings. The normalized spacial score (nSPS) is 11.9. The molecule has 0 fully saturated rings. The van der Waals surface area contributed by atoms with Crippen molar-refractivity contribution >= 4 is 17.6 Å². The number of hydrogen-bond donors (Lipinski definition) is 2. The zero-order valence-corrected chi connectivity index (χ0v) is 10.5. The van der Waals surface area contributed by atoms with Crippen LogP contribution in [0.2, 0.25) is 0 Å². The molecule has 18 heavy (non-hydrogen) atoms. The van der Waals surface area contributed by atoms with Crippen LogP contribution in [0, 0.1) is 0 Å². The van der Waals surface area contributed by atoms with E-state index in [-0.39, 0.29) is 12.5 Å². The number of anilines is 1. The van der Waals surface area contributed by atoms with E-state index in [1.807, 2.05) is 12.1 Å². The lowest BCUT2D eigenvalue weighted by Gasteiger charge is -2.09. The highest BCUT2D eigenvalue weighted by atomic mass is 16.5. The summed E-state index contributed by atoms with van der Waals surface area (Å²) in [5.74, 6) is -1.46. The van der Waals surface area contributed by atoms with E-state index in [0.29, 0.717) is 5.69 Å². The standard InChI is InChI=1S/C13H17NO4/c1-3-10-4-6-11(7-5-10)14-12(15)8-18-9(2)13(16)17/h4-7,9H,3,8H2,1-2H3,(H,14,15)(H,16,17)/t9-/m1/s1. The molecule has 0 aliphatic heterocycles. The van der Waals surface area contributed by atoms with Crippen LogP contribution in [0.4, 0.5) is 5.69 Å². The maximum absolute atomic E-state index is 11.5. The molecule has 1 amide bonds. The fourth-order valence-electron chi connectivity index (χ4n) is 1.29. The lowest BCUT2D eigenvalue weighted by atomic mass is 10.1. The lowest BCUT2D eigenvalue weighted by Crippen LogP contribution is -2.26. The van der Waals surface area contributed by atoms with Crippen LogP contribution in [-0.2, 0) is 20.7 Å². The van der Waals surface area contributed by atoms with Gasteiger partial charge in [0.1, 0.15) is 6.61 Å². The summed E-state index contributed by atoms with van der Waals surface area (Å²) in [5.41, 5.74) is 1.85. The molecule has 1 atom stereocenters. The van der Waals surface area contributed by atoms with Crippen LogP contribution in [0.3, 0.4) is 0 Å². The van der Waals surface area contributed by atoms with Gasteiger partial charge in [-0.1, -0.05) is 19.1 Å². The maximum atomic E-state index is 11.5. The van der Waals surface area contributed by atoms with Gasteiger partial charge in [0.2, 0.25) is 5.91 Å². The molecular formula is C13H17NO4. The molecule has 1 rings (SSSR count). The number of carboxylic acids is 1. The van der Waals surface area contributed by atoms with Gasteiger partial charge in [-0.05, 0) is 31.0 Å². The van der Waals surface area contributed by atoms with Crippen molar-refractivity contribution in [3.63, 3.8) is 0 Å². The van der Waals surface area contributed by atoms with Crippen molar-refractivity contribution in [1.29, 1.82) is 0 Å². The first kappa shape index (κ1) is 14.2. The molecule has 0 saturated heterocycles. The highest BCUT2D eigenvalue weighted by Gasteiger charge is 2.13. The molecule has 0 aliphatic rings. The number of carboxylic acid groups (broad SMARTS) is 1. The summed E-state index contributed by atoms with van der Waals surface area (Å²) in [6.07, 6.45) is -0.0498. The van der Waals surface area contributed by atoms with Gasteiger partial charge in [-0.3, -0.25) is 4.79 Å². The van der Waals surface area contributed by atoms with Gasteiger partial charge in [0.05, 0.1) is 0 Å². The molecule has 0 aromatic heterocycles. The van der Waals surface area contributed by atoms with Crippen molar-refractivity contribution in [1.82, 2.24) is 0 Å². The molecule has 0 aliphatic carbocycles. The van der Waals surface area contributed by atoms with Crippen LogP contribution in [-0.4, -0.2) is 29.7 Å². The van der Waals surface area contributed by atoms with E-state index in [1.54, 1.807) is 12.1 Å². The molecule has 0 bridgehead atoms. The van der Waals surface area contributed by atoms with Crippen LogP contribution in [0.5, 0.6) is 0 Å². The summed E-state index contributed by atoms with van der Waals surface area (Å²) in [6, 6.07) is 7.46. The summed E-state index contributed by atoms with van der Waals surface area (Å²) in [4.78, 5) is 21.9. The second kappa shape index (κ2) is 6.76. The molecule has 5 nitrogen and oxygen atoms in total. The fraction of sp³-hybridized carbons (Fsp3) is 0.385. The third-order valence-electron chi connectivity index (χ3n) is 2.46. The molecule has 0 heterocycles. The number of hydrogen-bond acceptors (Lipinski definition) is 3. The van der Waals surface area contributed by atoms with E-state index in [4.69, 9.17) is 9.84 Å². The van der Waals surface area contributed by atoms with E-state index in [9.17, 15) is 9.59 Å². The number of amides is 1. The number of carbonyl (C=O) groups is 2. The molecule has 0 saturated carbocycles. The minimum atomic E-state index is -1.09. The van der Waals surface area contributed by atoms with Gasteiger partial charge >= 0.3 is 5.97 Å². The van der Waals surface area contributed by atoms with E-state index in [0.717, 1.165) is 6.42 Å². The van der Waals surface area contributed by atoms with Crippen molar-refractivity contribution in [2.45, 2.75) is 26.4 Å². The zero-order chi connectivity index (χ0) is 13.5. The van der Waals surface area contributed by atoms with E-state index in [2.05, 4.69) is 12.2 Å².